The Labute approximate surface area is 161 Å². The molecule has 1 aromatic rings. The van der Waals surface area contributed by atoms with E-state index in [1.807, 2.05) is 0 Å². The summed E-state index contributed by atoms with van der Waals surface area (Å²) < 4.78 is 15.6. The highest BCUT2D eigenvalue weighted by molar-refractivity contribution is 5.94. The minimum Gasteiger partial charge on any atom is -0.497 e. The Kier molecular flexibility index (Phi) is 8.43. The highest BCUT2D eigenvalue weighted by atomic mass is 16.5. The van der Waals surface area contributed by atoms with Crippen molar-refractivity contribution in [3.63, 3.8) is 0 Å². The van der Waals surface area contributed by atoms with E-state index in [0.717, 1.165) is 31.6 Å². The fraction of sp³-hybridized carbons (Fsp3) is 0.619. The summed E-state index contributed by atoms with van der Waals surface area (Å²) >= 11 is 0. The number of hydrogen-bond donors (Lipinski definition) is 1. The van der Waals surface area contributed by atoms with Gasteiger partial charge in [-0.15, -0.1) is 0 Å². The molecule has 1 aromatic carbocycles. The van der Waals surface area contributed by atoms with Crippen LogP contribution < -0.4 is 14.8 Å². The lowest BCUT2D eigenvalue weighted by Crippen LogP contribution is -2.27. The van der Waals surface area contributed by atoms with E-state index in [0.29, 0.717) is 17.2 Å². The second-order valence-electron chi connectivity index (χ2n) is 7.08. The molecule has 1 aliphatic rings. The van der Waals surface area contributed by atoms with Gasteiger partial charge in [0.25, 0.3) is 5.91 Å². The fourth-order valence-corrected chi connectivity index (χ4v) is 3.53. The summed E-state index contributed by atoms with van der Waals surface area (Å²) in [5.41, 5.74) is 0.481. The van der Waals surface area contributed by atoms with Gasteiger partial charge < -0.3 is 19.5 Å². The molecule has 27 heavy (non-hydrogen) atoms. The Bertz CT molecular complexity index is 623. The van der Waals surface area contributed by atoms with Crippen LogP contribution in [0.2, 0.25) is 0 Å². The molecule has 1 N–H and O–H groups in total. The average Bonchev–Trinajstić information content (AvgIpc) is 2.70. The van der Waals surface area contributed by atoms with E-state index >= 15 is 0 Å². The first-order valence-corrected chi connectivity index (χ1v) is 9.75. The SMILES string of the molecule is CCCCC1CCC(C(=O)OCC(=O)Nc2cc(OC)ccc2OC)CC1. The second kappa shape index (κ2) is 10.8. The van der Waals surface area contributed by atoms with Gasteiger partial charge in [0.15, 0.2) is 6.61 Å². The summed E-state index contributed by atoms with van der Waals surface area (Å²) in [7, 11) is 3.07. The molecule has 0 heterocycles. The van der Waals surface area contributed by atoms with Gasteiger partial charge in [0.2, 0.25) is 0 Å². The number of hydrogen-bond acceptors (Lipinski definition) is 5. The number of methoxy groups -OCH3 is 2. The van der Waals surface area contributed by atoms with Crippen molar-refractivity contribution in [1.82, 2.24) is 0 Å². The number of carbonyl (C=O) groups is 2. The smallest absolute Gasteiger partial charge is 0.309 e. The van der Waals surface area contributed by atoms with Gasteiger partial charge >= 0.3 is 5.97 Å². The largest absolute Gasteiger partial charge is 0.497 e. The third kappa shape index (κ3) is 6.45. The van der Waals surface area contributed by atoms with Crippen LogP contribution in [0, 0.1) is 11.8 Å². The van der Waals surface area contributed by atoms with Crippen molar-refractivity contribution in [2.75, 3.05) is 26.1 Å². The number of esters is 1. The third-order valence-electron chi connectivity index (χ3n) is 5.17. The number of anilines is 1. The summed E-state index contributed by atoms with van der Waals surface area (Å²) in [5.74, 6) is 1.10. The molecule has 0 atom stereocenters. The van der Waals surface area contributed by atoms with Crippen LogP contribution in [0.4, 0.5) is 5.69 Å². The van der Waals surface area contributed by atoms with Crippen LogP contribution in [0.5, 0.6) is 11.5 Å². The van der Waals surface area contributed by atoms with Crippen molar-refractivity contribution in [3.05, 3.63) is 18.2 Å². The van der Waals surface area contributed by atoms with Gasteiger partial charge in [-0.3, -0.25) is 9.59 Å². The molecule has 0 radical (unpaired) electrons. The lowest BCUT2D eigenvalue weighted by Gasteiger charge is -2.27. The van der Waals surface area contributed by atoms with E-state index in [1.165, 1.54) is 26.4 Å². The van der Waals surface area contributed by atoms with Crippen LogP contribution in [0.25, 0.3) is 0 Å². The van der Waals surface area contributed by atoms with Crippen molar-refractivity contribution < 1.29 is 23.8 Å². The number of ether oxygens (including phenoxy) is 3. The van der Waals surface area contributed by atoms with Gasteiger partial charge in [-0.05, 0) is 43.7 Å². The molecule has 1 amide bonds. The highest BCUT2D eigenvalue weighted by Gasteiger charge is 2.27. The van der Waals surface area contributed by atoms with Crippen LogP contribution in [-0.4, -0.2) is 32.7 Å². The standard InChI is InChI=1S/C21H31NO5/c1-4-5-6-15-7-9-16(10-8-15)21(24)27-14-20(23)22-18-13-17(25-2)11-12-19(18)26-3/h11-13,15-16H,4-10,14H2,1-3H3,(H,22,23). The zero-order valence-electron chi connectivity index (χ0n) is 16.6. The van der Waals surface area contributed by atoms with Crippen molar-refractivity contribution in [2.24, 2.45) is 11.8 Å². The van der Waals surface area contributed by atoms with E-state index < -0.39 is 5.91 Å². The monoisotopic (exact) mass is 377 g/mol. The first-order chi connectivity index (χ1) is 13.1. The van der Waals surface area contributed by atoms with E-state index in [9.17, 15) is 9.59 Å². The van der Waals surface area contributed by atoms with Crippen LogP contribution in [0.3, 0.4) is 0 Å². The topological polar surface area (TPSA) is 73.9 Å². The van der Waals surface area contributed by atoms with Crippen molar-refractivity contribution in [2.45, 2.75) is 51.9 Å². The molecule has 1 saturated carbocycles. The number of unbranched alkanes of at least 4 members (excludes halogenated alkanes) is 1. The molecule has 1 fully saturated rings. The van der Waals surface area contributed by atoms with Crippen LogP contribution in [0.15, 0.2) is 18.2 Å². The van der Waals surface area contributed by atoms with E-state index in [2.05, 4.69) is 12.2 Å². The molecule has 2 rings (SSSR count). The molecule has 0 aliphatic heterocycles. The Morgan fingerprint density at radius 1 is 1.11 bits per heavy atom. The lowest BCUT2D eigenvalue weighted by molar-refractivity contribution is -0.152. The molecule has 150 valence electrons. The number of nitrogens with one attached hydrogen (secondary N) is 1. The average molecular weight is 377 g/mol. The first-order valence-electron chi connectivity index (χ1n) is 9.75. The van der Waals surface area contributed by atoms with Gasteiger partial charge in [0.1, 0.15) is 11.5 Å². The van der Waals surface area contributed by atoms with Crippen LogP contribution in [-0.2, 0) is 14.3 Å². The van der Waals surface area contributed by atoms with Crippen molar-refractivity contribution in [3.8, 4) is 11.5 Å². The Morgan fingerprint density at radius 3 is 2.48 bits per heavy atom. The van der Waals surface area contributed by atoms with Gasteiger partial charge in [-0.1, -0.05) is 26.2 Å². The Hall–Kier alpha value is -2.24. The van der Waals surface area contributed by atoms with E-state index in [-0.39, 0.29) is 18.5 Å². The molecular weight excluding hydrogens is 346 g/mol. The maximum Gasteiger partial charge on any atom is 0.309 e. The molecule has 6 nitrogen and oxygen atoms in total. The maximum absolute atomic E-state index is 12.3. The summed E-state index contributed by atoms with van der Waals surface area (Å²) in [6, 6.07) is 5.11. The van der Waals surface area contributed by atoms with Crippen molar-refractivity contribution >= 4 is 17.6 Å². The number of rotatable bonds is 9. The molecule has 6 heteroatoms. The predicted molar refractivity (Wildman–Crippen MR) is 104 cm³/mol. The minimum atomic E-state index is -0.397. The first kappa shape index (κ1) is 21.1. The molecule has 0 saturated heterocycles. The quantitative estimate of drug-likeness (QED) is 0.654. The summed E-state index contributed by atoms with van der Waals surface area (Å²) in [4.78, 5) is 24.4. The van der Waals surface area contributed by atoms with Gasteiger partial charge in [-0.25, -0.2) is 0 Å². The normalized spacial score (nSPS) is 19.2. The van der Waals surface area contributed by atoms with Crippen LogP contribution in [0.1, 0.15) is 51.9 Å². The number of benzene rings is 1. The molecular formula is C21H31NO5. The second-order valence-corrected chi connectivity index (χ2v) is 7.08. The van der Waals surface area contributed by atoms with Gasteiger partial charge in [0, 0.05) is 6.07 Å². The Morgan fingerprint density at radius 2 is 1.85 bits per heavy atom. The lowest BCUT2D eigenvalue weighted by atomic mass is 9.80. The minimum absolute atomic E-state index is 0.0815. The highest BCUT2D eigenvalue weighted by Crippen LogP contribution is 2.32. The Balaban J connectivity index is 1.78. The molecule has 0 unspecified atom stereocenters. The third-order valence-corrected chi connectivity index (χ3v) is 5.17. The van der Waals surface area contributed by atoms with Crippen LogP contribution >= 0.6 is 0 Å². The summed E-state index contributed by atoms with van der Waals surface area (Å²) in [5, 5.41) is 2.70. The fourth-order valence-electron chi connectivity index (χ4n) is 3.53. The summed E-state index contributed by atoms with van der Waals surface area (Å²) in [6.45, 7) is 1.91. The van der Waals surface area contributed by atoms with Gasteiger partial charge in [0.05, 0.1) is 25.8 Å². The molecule has 1 aliphatic carbocycles. The molecule has 0 bridgehead atoms. The van der Waals surface area contributed by atoms with E-state index in [4.69, 9.17) is 14.2 Å². The number of carbonyl (C=O) groups excluding carboxylic acids is 2. The van der Waals surface area contributed by atoms with Gasteiger partial charge in [-0.2, -0.15) is 0 Å². The summed E-state index contributed by atoms with van der Waals surface area (Å²) in [6.07, 6.45) is 7.60. The zero-order chi connectivity index (χ0) is 19.6. The number of amides is 1. The maximum atomic E-state index is 12.3. The molecule has 0 spiro atoms. The van der Waals surface area contributed by atoms with Crippen molar-refractivity contribution in [1.29, 1.82) is 0 Å². The zero-order valence-corrected chi connectivity index (χ0v) is 16.6. The molecule has 0 aromatic heterocycles. The van der Waals surface area contributed by atoms with E-state index in [1.54, 1.807) is 25.3 Å². The predicted octanol–water partition coefficient (Wildman–Crippen LogP) is 4.18.